The topological polar surface area (TPSA) is 17.8 Å². The first-order valence-corrected chi connectivity index (χ1v) is 5.73. The van der Waals surface area contributed by atoms with E-state index in [-0.39, 0.29) is 0 Å². The van der Waals surface area contributed by atoms with Gasteiger partial charge < -0.3 is 0 Å². The van der Waals surface area contributed by atoms with Gasteiger partial charge in [-0.05, 0) is 30.2 Å². The Morgan fingerprint density at radius 1 is 1.00 bits per heavy atom. The van der Waals surface area contributed by atoms with Crippen molar-refractivity contribution in [1.29, 1.82) is 0 Å². The summed E-state index contributed by atoms with van der Waals surface area (Å²) in [4.78, 5) is 0. The van der Waals surface area contributed by atoms with Crippen LogP contribution in [-0.4, -0.2) is 9.78 Å². The first-order valence-electron chi connectivity index (χ1n) is 5.73. The molecule has 0 N–H and O–H groups in total. The van der Waals surface area contributed by atoms with Crippen LogP contribution >= 0.6 is 0 Å². The van der Waals surface area contributed by atoms with Crippen molar-refractivity contribution in [2.45, 2.75) is 6.92 Å². The highest BCUT2D eigenvalue weighted by atomic mass is 15.2. The Kier molecular flexibility index (Phi) is 2.22. The average Bonchev–Trinajstić information content (AvgIpc) is 2.71. The standard InChI is InChI=1S/C15H14N2/c1-11-4-3-5-12(8-11)13-6-7-15-14(9-13)10-16-17(15)2/h3-10H,1-2H3. The van der Waals surface area contributed by atoms with E-state index in [2.05, 4.69) is 54.5 Å². The molecule has 0 radical (unpaired) electrons. The lowest BCUT2D eigenvalue weighted by molar-refractivity contribution is 0.797. The molecule has 0 atom stereocenters. The van der Waals surface area contributed by atoms with Crippen LogP contribution in [0, 0.1) is 6.92 Å². The summed E-state index contributed by atoms with van der Waals surface area (Å²) in [6.45, 7) is 2.12. The summed E-state index contributed by atoms with van der Waals surface area (Å²) in [6.07, 6.45) is 1.91. The molecule has 3 aromatic rings. The van der Waals surface area contributed by atoms with E-state index in [4.69, 9.17) is 0 Å². The first-order chi connectivity index (χ1) is 8.24. The lowest BCUT2D eigenvalue weighted by Crippen LogP contribution is -1.88. The molecule has 0 amide bonds. The van der Waals surface area contributed by atoms with Gasteiger partial charge in [-0.3, -0.25) is 4.68 Å². The highest BCUT2D eigenvalue weighted by Crippen LogP contribution is 2.24. The molecule has 0 unspecified atom stereocenters. The van der Waals surface area contributed by atoms with E-state index >= 15 is 0 Å². The molecular weight excluding hydrogens is 208 g/mol. The van der Waals surface area contributed by atoms with E-state index in [0.717, 1.165) is 0 Å². The minimum Gasteiger partial charge on any atom is -0.268 e. The van der Waals surface area contributed by atoms with Crippen molar-refractivity contribution in [2.75, 3.05) is 0 Å². The summed E-state index contributed by atoms with van der Waals surface area (Å²) in [5.74, 6) is 0. The SMILES string of the molecule is Cc1cccc(-c2ccc3c(cnn3C)c2)c1. The van der Waals surface area contributed by atoms with Gasteiger partial charge in [-0.1, -0.05) is 35.9 Å². The Bertz CT molecular complexity index is 680. The van der Waals surface area contributed by atoms with Crippen LogP contribution in [0.1, 0.15) is 5.56 Å². The maximum Gasteiger partial charge on any atom is 0.0679 e. The summed E-state index contributed by atoms with van der Waals surface area (Å²) in [6, 6.07) is 15.0. The largest absolute Gasteiger partial charge is 0.268 e. The summed E-state index contributed by atoms with van der Waals surface area (Å²) >= 11 is 0. The molecule has 0 bridgehead atoms. The molecule has 0 spiro atoms. The smallest absolute Gasteiger partial charge is 0.0679 e. The van der Waals surface area contributed by atoms with Crippen LogP contribution in [0.5, 0.6) is 0 Å². The van der Waals surface area contributed by atoms with E-state index < -0.39 is 0 Å². The normalized spacial score (nSPS) is 10.9. The highest BCUT2D eigenvalue weighted by molar-refractivity contribution is 5.84. The van der Waals surface area contributed by atoms with Crippen molar-refractivity contribution >= 4 is 10.9 Å². The Hall–Kier alpha value is -2.09. The van der Waals surface area contributed by atoms with Gasteiger partial charge in [-0.25, -0.2) is 0 Å². The molecule has 0 fully saturated rings. The summed E-state index contributed by atoms with van der Waals surface area (Å²) in [7, 11) is 1.97. The van der Waals surface area contributed by atoms with Crippen molar-refractivity contribution in [1.82, 2.24) is 9.78 Å². The number of hydrogen-bond donors (Lipinski definition) is 0. The monoisotopic (exact) mass is 222 g/mol. The lowest BCUT2D eigenvalue weighted by atomic mass is 10.0. The molecule has 17 heavy (non-hydrogen) atoms. The van der Waals surface area contributed by atoms with Crippen molar-refractivity contribution in [3.05, 3.63) is 54.2 Å². The van der Waals surface area contributed by atoms with Gasteiger partial charge in [0.05, 0.1) is 11.7 Å². The van der Waals surface area contributed by atoms with Gasteiger partial charge >= 0.3 is 0 Å². The summed E-state index contributed by atoms with van der Waals surface area (Å²) < 4.78 is 1.90. The second-order valence-corrected chi connectivity index (χ2v) is 4.41. The molecule has 2 heteroatoms. The number of fused-ring (bicyclic) bond motifs is 1. The van der Waals surface area contributed by atoms with Gasteiger partial charge in [0.2, 0.25) is 0 Å². The van der Waals surface area contributed by atoms with E-state index in [0.29, 0.717) is 0 Å². The molecule has 0 aliphatic heterocycles. The third kappa shape index (κ3) is 1.72. The van der Waals surface area contributed by atoms with Crippen molar-refractivity contribution in [3.8, 4) is 11.1 Å². The molecular formula is C15H14N2. The van der Waals surface area contributed by atoms with Gasteiger partial charge in [0.1, 0.15) is 0 Å². The Morgan fingerprint density at radius 3 is 2.65 bits per heavy atom. The van der Waals surface area contributed by atoms with Crippen LogP contribution in [-0.2, 0) is 7.05 Å². The fourth-order valence-corrected chi connectivity index (χ4v) is 2.17. The van der Waals surface area contributed by atoms with Crippen LogP contribution in [0.4, 0.5) is 0 Å². The van der Waals surface area contributed by atoms with Crippen LogP contribution in [0.3, 0.4) is 0 Å². The molecule has 3 rings (SSSR count). The molecule has 0 aliphatic rings. The maximum absolute atomic E-state index is 4.26. The zero-order valence-electron chi connectivity index (χ0n) is 10.0. The van der Waals surface area contributed by atoms with Crippen LogP contribution < -0.4 is 0 Å². The maximum atomic E-state index is 4.26. The number of aromatic nitrogens is 2. The second-order valence-electron chi connectivity index (χ2n) is 4.41. The van der Waals surface area contributed by atoms with E-state index in [1.165, 1.54) is 27.6 Å². The Balaban J connectivity index is 2.18. The average molecular weight is 222 g/mol. The first kappa shape index (κ1) is 10.1. The van der Waals surface area contributed by atoms with Gasteiger partial charge in [-0.2, -0.15) is 5.10 Å². The predicted octanol–water partition coefficient (Wildman–Crippen LogP) is 3.55. The van der Waals surface area contributed by atoms with Crippen LogP contribution in [0.2, 0.25) is 0 Å². The van der Waals surface area contributed by atoms with Crippen LogP contribution in [0.15, 0.2) is 48.7 Å². The Labute approximate surface area is 101 Å². The van der Waals surface area contributed by atoms with E-state index in [9.17, 15) is 0 Å². The van der Waals surface area contributed by atoms with Gasteiger partial charge in [-0.15, -0.1) is 0 Å². The third-order valence-corrected chi connectivity index (χ3v) is 3.10. The quantitative estimate of drug-likeness (QED) is 0.615. The van der Waals surface area contributed by atoms with Gasteiger partial charge in [0.15, 0.2) is 0 Å². The molecule has 0 aliphatic carbocycles. The van der Waals surface area contributed by atoms with E-state index in [1.54, 1.807) is 0 Å². The number of rotatable bonds is 1. The third-order valence-electron chi connectivity index (χ3n) is 3.10. The molecule has 0 saturated carbocycles. The number of benzene rings is 2. The van der Waals surface area contributed by atoms with Crippen molar-refractivity contribution in [2.24, 2.45) is 7.05 Å². The fraction of sp³-hybridized carbons (Fsp3) is 0.133. The van der Waals surface area contributed by atoms with Crippen molar-refractivity contribution in [3.63, 3.8) is 0 Å². The lowest BCUT2D eigenvalue weighted by Gasteiger charge is -2.03. The molecule has 0 saturated heterocycles. The van der Waals surface area contributed by atoms with Gasteiger partial charge in [0, 0.05) is 12.4 Å². The fourth-order valence-electron chi connectivity index (χ4n) is 2.17. The number of hydrogen-bond acceptors (Lipinski definition) is 1. The van der Waals surface area contributed by atoms with E-state index in [1.807, 2.05) is 17.9 Å². The molecule has 2 nitrogen and oxygen atoms in total. The zero-order chi connectivity index (χ0) is 11.8. The number of aryl methyl sites for hydroxylation is 2. The summed E-state index contributed by atoms with van der Waals surface area (Å²) in [5, 5.41) is 5.45. The van der Waals surface area contributed by atoms with Crippen LogP contribution in [0.25, 0.3) is 22.0 Å². The second kappa shape index (κ2) is 3.74. The molecule has 2 aromatic carbocycles. The minimum atomic E-state index is 1.17. The molecule has 84 valence electrons. The summed E-state index contributed by atoms with van der Waals surface area (Å²) in [5.41, 5.74) is 4.96. The van der Waals surface area contributed by atoms with Crippen molar-refractivity contribution < 1.29 is 0 Å². The zero-order valence-corrected chi connectivity index (χ0v) is 10.0. The molecule has 1 aromatic heterocycles. The van der Waals surface area contributed by atoms with Gasteiger partial charge in [0.25, 0.3) is 0 Å². The number of nitrogens with zero attached hydrogens (tertiary/aromatic N) is 2. The minimum absolute atomic E-state index is 1.17. The predicted molar refractivity (Wildman–Crippen MR) is 70.9 cm³/mol. The Morgan fingerprint density at radius 2 is 1.82 bits per heavy atom. The highest BCUT2D eigenvalue weighted by Gasteiger charge is 2.02. The molecule has 1 heterocycles.